The van der Waals surface area contributed by atoms with Crippen LogP contribution in [0.2, 0.25) is 0 Å². The quantitative estimate of drug-likeness (QED) is 0.306. The number of nitrogens with zero attached hydrogens (tertiary/aromatic N) is 5. The predicted octanol–water partition coefficient (Wildman–Crippen LogP) is 5.60. The van der Waals surface area contributed by atoms with Crippen molar-refractivity contribution in [2.75, 3.05) is 0 Å². The molecule has 0 saturated carbocycles. The van der Waals surface area contributed by atoms with E-state index in [1.165, 1.54) is 16.7 Å². The maximum absolute atomic E-state index is 13.4. The summed E-state index contributed by atoms with van der Waals surface area (Å²) in [5, 5.41) is 10.4. The molecule has 0 unspecified atom stereocenters. The maximum atomic E-state index is 13.4. The van der Waals surface area contributed by atoms with Gasteiger partial charge in [-0.05, 0) is 79.9 Å². The van der Waals surface area contributed by atoms with Crippen LogP contribution in [0.4, 0.5) is 13.2 Å². The van der Waals surface area contributed by atoms with E-state index < -0.39 is 23.0 Å². The van der Waals surface area contributed by atoms with Gasteiger partial charge in [0.25, 0.3) is 5.56 Å². The molecule has 39 heavy (non-hydrogen) atoms. The molecular weight excluding hydrogens is 579 g/mol. The van der Waals surface area contributed by atoms with E-state index in [0.717, 1.165) is 17.2 Å². The Kier molecular flexibility index (Phi) is 7.63. The molecule has 0 aliphatic heterocycles. The van der Waals surface area contributed by atoms with Crippen LogP contribution < -0.4 is 10.3 Å². The molecule has 1 N–H and O–H groups in total. The third-order valence-electron chi connectivity index (χ3n) is 5.86. The van der Waals surface area contributed by atoms with Crippen LogP contribution in [-0.2, 0) is 18.4 Å². The minimum atomic E-state index is -4.58. The number of benzene rings is 1. The molecular formula is C27H25BrF3N5O3. The van der Waals surface area contributed by atoms with Crippen LogP contribution in [0.25, 0.3) is 16.9 Å². The smallest absolute Gasteiger partial charge is 0.433 e. The summed E-state index contributed by atoms with van der Waals surface area (Å²) in [6, 6.07) is 9.01. The molecule has 4 rings (SSSR count). The van der Waals surface area contributed by atoms with Crippen LogP contribution in [-0.4, -0.2) is 29.6 Å². The van der Waals surface area contributed by atoms with E-state index >= 15 is 0 Å². The normalized spacial score (nSPS) is 12.1. The molecule has 0 saturated heterocycles. The first-order valence-electron chi connectivity index (χ1n) is 11.8. The van der Waals surface area contributed by atoms with Crippen molar-refractivity contribution in [3.05, 3.63) is 91.6 Å². The number of rotatable bonds is 6. The SMILES string of the molecule is Cc1ccc(-c2nc(C(C)(C)O)ncc2C)cc1-n1c(C)nc(OCc2cccc(C(F)(F)F)n2)c(Br)c1=O. The van der Waals surface area contributed by atoms with Gasteiger partial charge in [-0.1, -0.05) is 18.2 Å². The monoisotopic (exact) mass is 603 g/mol. The average molecular weight is 604 g/mol. The summed E-state index contributed by atoms with van der Waals surface area (Å²) in [6.45, 7) is 8.20. The first-order valence-corrected chi connectivity index (χ1v) is 12.6. The molecule has 0 atom stereocenters. The molecule has 0 spiro atoms. The number of aromatic nitrogens is 5. The number of pyridine rings is 1. The summed E-state index contributed by atoms with van der Waals surface area (Å²) in [5.41, 5.74) is 0.734. The minimum absolute atomic E-state index is 0.00686. The van der Waals surface area contributed by atoms with E-state index in [4.69, 9.17) is 4.74 Å². The number of alkyl halides is 3. The highest BCUT2D eigenvalue weighted by Gasteiger charge is 2.32. The van der Waals surface area contributed by atoms with Crippen molar-refractivity contribution in [3.8, 4) is 22.8 Å². The van der Waals surface area contributed by atoms with Crippen molar-refractivity contribution in [2.45, 2.75) is 53.0 Å². The number of aliphatic hydroxyl groups is 1. The minimum Gasteiger partial charge on any atom is -0.470 e. The average Bonchev–Trinajstić information content (AvgIpc) is 2.86. The van der Waals surface area contributed by atoms with Crippen molar-refractivity contribution in [3.63, 3.8) is 0 Å². The number of halogens is 4. The van der Waals surface area contributed by atoms with Crippen LogP contribution in [0.1, 0.15) is 48.0 Å². The predicted molar refractivity (Wildman–Crippen MR) is 142 cm³/mol. The lowest BCUT2D eigenvalue weighted by Crippen LogP contribution is -2.24. The molecule has 204 valence electrons. The van der Waals surface area contributed by atoms with Gasteiger partial charge in [-0.2, -0.15) is 18.2 Å². The summed E-state index contributed by atoms with van der Waals surface area (Å²) in [7, 11) is 0. The topological polar surface area (TPSA) is 103 Å². The van der Waals surface area contributed by atoms with Crippen LogP contribution in [0.15, 0.2) is 51.9 Å². The summed E-state index contributed by atoms with van der Waals surface area (Å²) < 4.78 is 46.0. The molecule has 0 fully saturated rings. The number of hydrogen-bond acceptors (Lipinski definition) is 7. The highest BCUT2D eigenvalue weighted by molar-refractivity contribution is 9.10. The van der Waals surface area contributed by atoms with Gasteiger partial charge in [-0.15, -0.1) is 0 Å². The van der Waals surface area contributed by atoms with Gasteiger partial charge in [0, 0.05) is 11.8 Å². The first-order chi connectivity index (χ1) is 18.2. The fraction of sp³-hybridized carbons (Fsp3) is 0.296. The number of ether oxygens (including phenoxy) is 1. The van der Waals surface area contributed by atoms with Gasteiger partial charge in [-0.25, -0.2) is 15.0 Å². The molecule has 8 nitrogen and oxygen atoms in total. The van der Waals surface area contributed by atoms with Crippen LogP contribution in [0.5, 0.6) is 5.88 Å². The van der Waals surface area contributed by atoms with Gasteiger partial charge >= 0.3 is 6.18 Å². The third kappa shape index (κ3) is 6.01. The molecule has 0 aliphatic rings. The van der Waals surface area contributed by atoms with E-state index in [0.29, 0.717) is 22.8 Å². The van der Waals surface area contributed by atoms with Gasteiger partial charge in [0.15, 0.2) is 5.82 Å². The molecule has 0 radical (unpaired) electrons. The molecule has 0 aliphatic carbocycles. The fourth-order valence-electron chi connectivity index (χ4n) is 3.85. The van der Waals surface area contributed by atoms with Crippen molar-refractivity contribution in [1.82, 2.24) is 24.5 Å². The van der Waals surface area contributed by atoms with E-state index in [1.54, 1.807) is 33.0 Å². The molecule has 3 heterocycles. The maximum Gasteiger partial charge on any atom is 0.433 e. The fourth-order valence-corrected chi connectivity index (χ4v) is 4.23. The first kappa shape index (κ1) is 28.4. The largest absolute Gasteiger partial charge is 0.470 e. The second-order valence-corrected chi connectivity index (χ2v) is 10.3. The van der Waals surface area contributed by atoms with Crippen LogP contribution in [0.3, 0.4) is 0 Å². The molecule has 0 amide bonds. The zero-order chi connectivity index (χ0) is 28.7. The highest BCUT2D eigenvalue weighted by Crippen LogP contribution is 2.30. The van der Waals surface area contributed by atoms with E-state index in [1.807, 2.05) is 26.0 Å². The summed E-state index contributed by atoms with van der Waals surface area (Å²) >= 11 is 3.24. The second kappa shape index (κ2) is 10.5. The van der Waals surface area contributed by atoms with Crippen molar-refractivity contribution in [2.24, 2.45) is 0 Å². The standard InChI is InChI=1S/C27H25BrF3N5O3/c1-14-9-10-17(22-15(2)12-32-25(35-22)26(4,5)38)11-19(14)36-16(3)33-23(21(28)24(36)37)39-13-18-7-6-8-20(34-18)27(29,30)31/h6-12,38H,13H2,1-5H3. The van der Waals surface area contributed by atoms with Gasteiger partial charge in [0.2, 0.25) is 5.88 Å². The Hall–Kier alpha value is -3.64. The Morgan fingerprint density at radius 3 is 2.41 bits per heavy atom. The van der Waals surface area contributed by atoms with E-state index in [9.17, 15) is 23.1 Å². The number of hydrogen-bond donors (Lipinski definition) is 1. The Labute approximate surface area is 230 Å². The van der Waals surface area contributed by atoms with Crippen molar-refractivity contribution >= 4 is 15.9 Å². The molecule has 4 aromatic rings. The van der Waals surface area contributed by atoms with Gasteiger partial charge in [-0.3, -0.25) is 9.36 Å². The van der Waals surface area contributed by atoms with Crippen molar-refractivity contribution in [1.29, 1.82) is 0 Å². The Bertz CT molecular complexity index is 1610. The van der Waals surface area contributed by atoms with E-state index in [-0.39, 0.29) is 28.5 Å². The van der Waals surface area contributed by atoms with Gasteiger partial charge in [0.05, 0.1) is 17.1 Å². The van der Waals surface area contributed by atoms with Crippen LogP contribution >= 0.6 is 15.9 Å². The van der Waals surface area contributed by atoms with Crippen LogP contribution in [0, 0.1) is 20.8 Å². The Morgan fingerprint density at radius 1 is 1.03 bits per heavy atom. The zero-order valence-electron chi connectivity index (χ0n) is 21.8. The molecule has 1 aromatic carbocycles. The highest BCUT2D eigenvalue weighted by atomic mass is 79.9. The summed E-state index contributed by atoms with van der Waals surface area (Å²) in [5.74, 6) is 0.495. The van der Waals surface area contributed by atoms with Gasteiger partial charge in [0.1, 0.15) is 28.2 Å². The molecule has 12 heteroatoms. The van der Waals surface area contributed by atoms with Crippen molar-refractivity contribution < 1.29 is 23.0 Å². The van der Waals surface area contributed by atoms with Gasteiger partial charge < -0.3 is 9.84 Å². The Balaban J connectivity index is 1.71. The van der Waals surface area contributed by atoms with E-state index in [2.05, 4.69) is 35.9 Å². The third-order valence-corrected chi connectivity index (χ3v) is 6.54. The zero-order valence-corrected chi connectivity index (χ0v) is 23.3. The molecule has 0 bridgehead atoms. The summed E-state index contributed by atoms with van der Waals surface area (Å²) in [6.07, 6.45) is -2.95. The molecule has 3 aromatic heterocycles. The Morgan fingerprint density at radius 2 is 1.74 bits per heavy atom. The lowest BCUT2D eigenvalue weighted by atomic mass is 10.0. The lowest BCUT2D eigenvalue weighted by Gasteiger charge is -2.18. The lowest BCUT2D eigenvalue weighted by molar-refractivity contribution is -0.141. The number of aryl methyl sites for hydroxylation is 3. The second-order valence-electron chi connectivity index (χ2n) is 9.50. The summed E-state index contributed by atoms with van der Waals surface area (Å²) in [4.78, 5) is 30.2.